The first-order valence-corrected chi connectivity index (χ1v) is 7.28. The van der Waals surface area contributed by atoms with Gasteiger partial charge in [0, 0.05) is 11.9 Å². The van der Waals surface area contributed by atoms with Gasteiger partial charge in [-0.05, 0) is 36.3 Å². The summed E-state index contributed by atoms with van der Waals surface area (Å²) in [7, 11) is 2.50. The molecule has 1 N–H and O–H groups in total. The smallest absolute Gasteiger partial charge is 0.355 e. The summed E-state index contributed by atoms with van der Waals surface area (Å²) in [6.45, 7) is 1.74. The van der Waals surface area contributed by atoms with E-state index in [1.807, 2.05) is 13.0 Å². The molecule has 0 fully saturated rings. The topological polar surface area (TPSA) is 76.1 Å². The van der Waals surface area contributed by atoms with E-state index in [2.05, 4.69) is 0 Å². The van der Waals surface area contributed by atoms with Crippen LogP contribution in [-0.4, -0.2) is 31.3 Å². The van der Waals surface area contributed by atoms with Gasteiger partial charge in [-0.2, -0.15) is 0 Å². The Bertz CT molecular complexity index is 746. The number of esters is 2. The van der Waals surface area contributed by atoms with Gasteiger partial charge in [0.15, 0.2) is 0 Å². The van der Waals surface area contributed by atoms with Crippen LogP contribution < -0.4 is 4.90 Å². The van der Waals surface area contributed by atoms with Gasteiger partial charge in [0.05, 0.1) is 26.4 Å². The molecule has 6 heteroatoms. The minimum Gasteiger partial charge on any atom is -0.465 e. The molecule has 0 aromatic heterocycles. The minimum absolute atomic E-state index is 0.0486. The molecule has 126 valence electrons. The second-order valence-electron chi connectivity index (χ2n) is 5.10. The fraction of sp³-hybridized carbons (Fsp3) is 0.222. The van der Waals surface area contributed by atoms with Gasteiger partial charge in [-0.25, -0.2) is 9.59 Å². The quantitative estimate of drug-likeness (QED) is 0.851. The number of benzene rings is 1. The number of hydrogen-bond donors (Lipinski definition) is 1. The zero-order valence-electron chi connectivity index (χ0n) is 13.8. The highest BCUT2D eigenvalue weighted by atomic mass is 16.5. The normalized spacial score (nSPS) is 13.8. The molecule has 1 aromatic rings. The maximum Gasteiger partial charge on any atom is 0.355 e. The fourth-order valence-corrected chi connectivity index (χ4v) is 2.36. The van der Waals surface area contributed by atoms with Crippen LogP contribution in [0.15, 0.2) is 53.9 Å². The molecule has 0 bridgehead atoms. The van der Waals surface area contributed by atoms with E-state index in [1.165, 1.54) is 20.3 Å². The average molecular weight is 329 g/mol. The molecule has 24 heavy (non-hydrogen) atoms. The molecule has 0 atom stereocenters. The molecule has 0 unspecified atom stereocenters. The SMILES string of the molecule is COC(=O)C1=C(C(=O)OC)N(c2cc(CO)ccc2C)C=CC=C1. The Morgan fingerprint density at radius 3 is 2.46 bits per heavy atom. The number of aliphatic hydroxyl groups excluding tert-OH is 1. The van der Waals surface area contributed by atoms with Gasteiger partial charge in [-0.3, -0.25) is 0 Å². The first-order valence-electron chi connectivity index (χ1n) is 7.28. The molecule has 0 amide bonds. The molecule has 1 heterocycles. The van der Waals surface area contributed by atoms with Crippen molar-refractivity contribution in [3.8, 4) is 0 Å². The van der Waals surface area contributed by atoms with E-state index in [1.54, 1.807) is 35.4 Å². The van der Waals surface area contributed by atoms with Crippen molar-refractivity contribution in [1.82, 2.24) is 0 Å². The predicted molar refractivity (Wildman–Crippen MR) is 88.9 cm³/mol. The lowest BCUT2D eigenvalue weighted by Gasteiger charge is -2.25. The summed E-state index contributed by atoms with van der Waals surface area (Å²) >= 11 is 0. The number of carbonyl (C=O) groups is 2. The number of allylic oxidation sites excluding steroid dienone is 2. The van der Waals surface area contributed by atoms with E-state index in [0.717, 1.165) is 5.56 Å². The summed E-state index contributed by atoms with van der Waals surface area (Å²) in [5, 5.41) is 9.38. The lowest BCUT2D eigenvalue weighted by Crippen LogP contribution is -2.27. The van der Waals surface area contributed by atoms with Crippen LogP contribution in [0.2, 0.25) is 0 Å². The average Bonchev–Trinajstić information content (AvgIpc) is 2.83. The monoisotopic (exact) mass is 329 g/mol. The van der Waals surface area contributed by atoms with Crippen molar-refractivity contribution >= 4 is 17.6 Å². The molecule has 1 aromatic carbocycles. The van der Waals surface area contributed by atoms with Crippen molar-refractivity contribution in [2.24, 2.45) is 0 Å². The third-order valence-corrected chi connectivity index (χ3v) is 3.60. The Morgan fingerprint density at radius 2 is 1.83 bits per heavy atom. The number of aryl methyl sites for hydroxylation is 1. The molecule has 1 aliphatic rings. The Kier molecular flexibility index (Phi) is 5.55. The predicted octanol–water partition coefficient (Wildman–Crippen LogP) is 1.98. The van der Waals surface area contributed by atoms with Gasteiger partial charge in [-0.1, -0.05) is 18.2 Å². The molecule has 6 nitrogen and oxygen atoms in total. The van der Waals surface area contributed by atoms with Crippen molar-refractivity contribution in [2.75, 3.05) is 19.1 Å². The molecule has 2 rings (SSSR count). The second kappa shape index (κ2) is 7.61. The van der Waals surface area contributed by atoms with Crippen LogP contribution in [0.3, 0.4) is 0 Å². The number of ether oxygens (including phenoxy) is 2. The molecule has 0 radical (unpaired) electrons. The van der Waals surface area contributed by atoms with Crippen molar-refractivity contribution in [3.63, 3.8) is 0 Å². The van der Waals surface area contributed by atoms with Crippen LogP contribution in [0.5, 0.6) is 0 Å². The zero-order chi connectivity index (χ0) is 17.7. The lowest BCUT2D eigenvalue weighted by atomic mass is 10.1. The van der Waals surface area contributed by atoms with Gasteiger partial charge >= 0.3 is 11.9 Å². The van der Waals surface area contributed by atoms with Gasteiger partial charge < -0.3 is 19.5 Å². The summed E-state index contributed by atoms with van der Waals surface area (Å²) < 4.78 is 9.63. The molecular weight excluding hydrogens is 310 g/mol. The van der Waals surface area contributed by atoms with Crippen molar-refractivity contribution in [3.05, 3.63) is 65.0 Å². The van der Waals surface area contributed by atoms with Crippen LogP contribution in [-0.2, 0) is 25.7 Å². The first kappa shape index (κ1) is 17.5. The molecular formula is C18H19NO5. The number of methoxy groups -OCH3 is 2. The van der Waals surface area contributed by atoms with Gasteiger partial charge in [0.2, 0.25) is 0 Å². The standard InChI is InChI=1S/C18H19NO5/c1-12-7-8-13(11-20)10-15(12)19-9-5-4-6-14(17(21)23-2)16(19)18(22)24-3/h4-10,20H,11H2,1-3H3. The lowest BCUT2D eigenvalue weighted by molar-refractivity contribution is -0.139. The minimum atomic E-state index is -0.666. The molecule has 1 aliphatic heterocycles. The molecule has 0 aliphatic carbocycles. The summed E-state index contributed by atoms with van der Waals surface area (Å²) in [5.41, 5.74) is 2.34. The third-order valence-electron chi connectivity index (χ3n) is 3.60. The molecule has 0 saturated carbocycles. The maximum atomic E-state index is 12.4. The number of aliphatic hydroxyl groups is 1. The van der Waals surface area contributed by atoms with Crippen molar-refractivity contribution < 1.29 is 24.2 Å². The second-order valence-corrected chi connectivity index (χ2v) is 5.10. The van der Waals surface area contributed by atoms with Crippen LogP contribution >= 0.6 is 0 Å². The van der Waals surface area contributed by atoms with E-state index in [-0.39, 0.29) is 17.9 Å². The van der Waals surface area contributed by atoms with Gasteiger partial charge in [0.1, 0.15) is 5.70 Å². The summed E-state index contributed by atoms with van der Waals surface area (Å²) in [5.74, 6) is -1.31. The Morgan fingerprint density at radius 1 is 1.12 bits per heavy atom. The number of anilines is 1. The van der Waals surface area contributed by atoms with Gasteiger partial charge in [0.25, 0.3) is 0 Å². The molecule has 0 spiro atoms. The number of carbonyl (C=O) groups excluding carboxylic acids is 2. The van der Waals surface area contributed by atoms with Crippen LogP contribution in [0, 0.1) is 6.92 Å². The van der Waals surface area contributed by atoms with Gasteiger partial charge in [-0.15, -0.1) is 0 Å². The first-order chi connectivity index (χ1) is 11.5. The third kappa shape index (κ3) is 3.38. The highest BCUT2D eigenvalue weighted by Crippen LogP contribution is 2.29. The summed E-state index contributed by atoms with van der Waals surface area (Å²) in [6, 6.07) is 5.38. The van der Waals surface area contributed by atoms with E-state index in [9.17, 15) is 14.7 Å². The van der Waals surface area contributed by atoms with E-state index < -0.39 is 11.9 Å². The Hall–Kier alpha value is -2.86. The van der Waals surface area contributed by atoms with Crippen LogP contribution in [0.25, 0.3) is 0 Å². The highest BCUT2D eigenvalue weighted by molar-refractivity contribution is 6.05. The maximum absolute atomic E-state index is 12.4. The van der Waals surface area contributed by atoms with Crippen molar-refractivity contribution in [1.29, 1.82) is 0 Å². The largest absolute Gasteiger partial charge is 0.465 e. The number of hydrogen-bond acceptors (Lipinski definition) is 6. The molecule has 0 saturated heterocycles. The summed E-state index contributed by atoms with van der Waals surface area (Å²) in [4.78, 5) is 26.0. The Balaban J connectivity index is 2.70. The zero-order valence-corrected chi connectivity index (χ0v) is 13.8. The van der Waals surface area contributed by atoms with E-state index in [4.69, 9.17) is 9.47 Å². The number of nitrogens with zero attached hydrogens (tertiary/aromatic N) is 1. The van der Waals surface area contributed by atoms with E-state index >= 15 is 0 Å². The highest BCUT2D eigenvalue weighted by Gasteiger charge is 2.28. The number of rotatable bonds is 4. The van der Waals surface area contributed by atoms with Crippen molar-refractivity contribution in [2.45, 2.75) is 13.5 Å². The van der Waals surface area contributed by atoms with Crippen LogP contribution in [0.4, 0.5) is 5.69 Å². The van der Waals surface area contributed by atoms with Crippen LogP contribution in [0.1, 0.15) is 11.1 Å². The van der Waals surface area contributed by atoms with E-state index in [0.29, 0.717) is 11.3 Å². The summed E-state index contributed by atoms with van der Waals surface area (Å²) in [6.07, 6.45) is 6.49. The fourth-order valence-electron chi connectivity index (χ4n) is 2.36. The Labute approximate surface area is 140 Å².